The second-order valence-electron chi connectivity index (χ2n) is 7.63. The second-order valence-corrected chi connectivity index (χ2v) is 10.4. The molecule has 0 bridgehead atoms. The molecule has 0 unspecified atom stereocenters. The third kappa shape index (κ3) is 5.07. The fourth-order valence-electron chi connectivity index (χ4n) is 3.44. The van der Waals surface area contributed by atoms with Crippen LogP contribution in [-0.2, 0) is 20.7 Å². The van der Waals surface area contributed by atoms with E-state index in [2.05, 4.69) is 10.2 Å². The van der Waals surface area contributed by atoms with E-state index in [0.29, 0.717) is 15.2 Å². The van der Waals surface area contributed by atoms with Crippen molar-refractivity contribution in [1.29, 1.82) is 0 Å². The summed E-state index contributed by atoms with van der Waals surface area (Å²) in [6.07, 6.45) is 2.53. The molecule has 8 nitrogen and oxygen atoms in total. The number of carboxylic acid groups (broad SMARTS) is 1. The number of anilines is 1. The highest BCUT2D eigenvalue weighted by Gasteiger charge is 2.29. The lowest BCUT2D eigenvalue weighted by Gasteiger charge is -2.23. The van der Waals surface area contributed by atoms with E-state index in [1.165, 1.54) is 47.0 Å². The normalized spacial score (nSPS) is 12.1. The molecule has 0 aliphatic carbocycles. The van der Waals surface area contributed by atoms with E-state index in [1.54, 1.807) is 12.3 Å². The number of hydrogen-bond acceptors (Lipinski definition) is 5. The monoisotopic (exact) mass is 540 g/mol. The van der Waals surface area contributed by atoms with E-state index < -0.39 is 28.5 Å². The van der Waals surface area contributed by atoms with Gasteiger partial charge in [-0.25, -0.2) is 17.2 Å². The first-order chi connectivity index (χ1) is 16.4. The topological polar surface area (TPSA) is 105 Å². The summed E-state index contributed by atoms with van der Waals surface area (Å²) in [5.41, 5.74) is 0.256. The Morgan fingerprint density at radius 3 is 2.43 bits per heavy atom. The van der Waals surface area contributed by atoms with Crippen molar-refractivity contribution in [3.63, 3.8) is 0 Å². The Balaban J connectivity index is 1.80. The zero-order chi connectivity index (χ0) is 25.5. The van der Waals surface area contributed by atoms with Gasteiger partial charge in [-0.05, 0) is 48.5 Å². The van der Waals surface area contributed by atoms with Crippen molar-refractivity contribution in [2.45, 2.75) is 17.7 Å². The van der Waals surface area contributed by atoms with Gasteiger partial charge in [-0.1, -0.05) is 23.2 Å². The van der Waals surface area contributed by atoms with Crippen molar-refractivity contribution >= 4 is 55.8 Å². The molecule has 1 N–H and O–H groups in total. The highest BCUT2D eigenvalue weighted by atomic mass is 35.5. The van der Waals surface area contributed by atoms with Gasteiger partial charge < -0.3 is 5.11 Å². The Hall–Kier alpha value is -3.28. The maximum absolute atomic E-state index is 13.7. The molecule has 4 aromatic rings. The average Bonchev–Trinajstić information content (AvgIpc) is 3.19. The number of fused-ring (bicyclic) bond motifs is 1. The summed E-state index contributed by atoms with van der Waals surface area (Å²) in [5, 5.41) is 17.6. The van der Waals surface area contributed by atoms with Crippen LogP contribution in [0.1, 0.15) is 12.5 Å². The summed E-state index contributed by atoms with van der Waals surface area (Å²) in [7, 11) is -4.36. The first kappa shape index (κ1) is 24.8. The van der Waals surface area contributed by atoms with Crippen LogP contribution < -0.4 is 4.31 Å². The summed E-state index contributed by atoms with van der Waals surface area (Å²) in [6.45, 7) is -0.115. The minimum absolute atomic E-state index is 0.0636. The summed E-state index contributed by atoms with van der Waals surface area (Å²) >= 11 is 11.9. The Bertz CT molecular complexity index is 1530. The molecule has 0 spiro atoms. The Kier molecular flexibility index (Phi) is 6.43. The zero-order valence-electron chi connectivity index (χ0n) is 17.9. The summed E-state index contributed by atoms with van der Waals surface area (Å²) in [4.78, 5) is 11.2. The van der Waals surface area contributed by atoms with Crippen LogP contribution in [0.5, 0.6) is 0 Å². The van der Waals surface area contributed by atoms with Gasteiger partial charge in [0, 0.05) is 34.1 Å². The number of aromatic nitrogens is 3. The van der Waals surface area contributed by atoms with E-state index in [-0.39, 0.29) is 32.0 Å². The van der Waals surface area contributed by atoms with E-state index in [0.717, 1.165) is 13.1 Å². The number of hydrogen-bond donors (Lipinski definition) is 1. The maximum Gasteiger partial charge on any atom is 0.324 e. The molecule has 0 amide bonds. The Labute approximate surface area is 208 Å². The zero-order valence-corrected chi connectivity index (χ0v) is 20.2. The second kappa shape index (κ2) is 9.06. The van der Waals surface area contributed by atoms with Crippen molar-refractivity contribution in [3.05, 3.63) is 76.5 Å². The molecule has 0 aliphatic heterocycles. The number of alkyl halides is 2. The van der Waals surface area contributed by atoms with E-state index in [1.807, 2.05) is 0 Å². The first-order valence-electron chi connectivity index (χ1n) is 9.89. The van der Waals surface area contributed by atoms with Crippen LogP contribution in [0.25, 0.3) is 16.7 Å². The molecule has 35 heavy (non-hydrogen) atoms. The van der Waals surface area contributed by atoms with Crippen molar-refractivity contribution in [1.82, 2.24) is 14.8 Å². The number of nitrogens with zero attached hydrogens (tertiary/aromatic N) is 4. The van der Waals surface area contributed by atoms with E-state index in [4.69, 9.17) is 23.2 Å². The van der Waals surface area contributed by atoms with Gasteiger partial charge in [0.15, 0.2) is 5.82 Å². The Morgan fingerprint density at radius 2 is 1.80 bits per heavy atom. The van der Waals surface area contributed by atoms with Crippen molar-refractivity contribution in [2.75, 3.05) is 10.8 Å². The number of sulfonamides is 1. The van der Waals surface area contributed by atoms with Gasteiger partial charge in [-0.15, -0.1) is 5.10 Å². The molecule has 13 heteroatoms. The van der Waals surface area contributed by atoms with Crippen LogP contribution >= 0.6 is 23.2 Å². The predicted octanol–water partition coefficient (Wildman–Crippen LogP) is 5.12. The van der Waals surface area contributed by atoms with Crippen LogP contribution in [0.3, 0.4) is 0 Å². The maximum atomic E-state index is 13.7. The predicted molar refractivity (Wildman–Crippen MR) is 127 cm³/mol. The molecule has 182 valence electrons. The fraction of sp³-hybridized carbons (Fsp3) is 0.136. The third-order valence-electron chi connectivity index (χ3n) is 5.06. The number of rotatable bonds is 7. The smallest absolute Gasteiger partial charge is 0.324 e. The van der Waals surface area contributed by atoms with Gasteiger partial charge in [0.1, 0.15) is 6.54 Å². The molecule has 0 radical (unpaired) electrons. The number of halogens is 4. The lowest BCUT2D eigenvalue weighted by Crippen LogP contribution is -2.35. The number of carbonyl (C=O) groups is 1. The lowest BCUT2D eigenvalue weighted by atomic mass is 10.2. The van der Waals surface area contributed by atoms with E-state index in [9.17, 15) is 27.1 Å². The molecule has 4 rings (SSSR count). The Morgan fingerprint density at radius 1 is 1.11 bits per heavy atom. The molecule has 0 atom stereocenters. The van der Waals surface area contributed by atoms with Crippen LogP contribution in [-0.4, -0.2) is 40.8 Å². The van der Waals surface area contributed by atoms with Crippen molar-refractivity contribution in [2.24, 2.45) is 0 Å². The number of benzene rings is 2. The highest BCUT2D eigenvalue weighted by Crippen LogP contribution is 2.32. The van der Waals surface area contributed by atoms with Crippen molar-refractivity contribution < 1.29 is 27.1 Å². The van der Waals surface area contributed by atoms with Gasteiger partial charge in [-0.3, -0.25) is 13.7 Å². The third-order valence-corrected chi connectivity index (χ3v) is 7.25. The van der Waals surface area contributed by atoms with Crippen LogP contribution in [0.15, 0.2) is 65.8 Å². The fourth-order valence-corrected chi connectivity index (χ4v) is 5.57. The molecular formula is C22H16Cl2F2N4O4S. The number of aliphatic carboxylic acids is 1. The van der Waals surface area contributed by atoms with Crippen LogP contribution in [0.4, 0.5) is 14.5 Å². The van der Waals surface area contributed by atoms with Gasteiger partial charge in [0.05, 0.1) is 22.3 Å². The van der Waals surface area contributed by atoms with Crippen LogP contribution in [0.2, 0.25) is 10.0 Å². The molecule has 0 saturated heterocycles. The molecule has 0 fully saturated rings. The van der Waals surface area contributed by atoms with Crippen molar-refractivity contribution in [3.8, 4) is 5.82 Å². The summed E-state index contributed by atoms with van der Waals surface area (Å²) in [6, 6.07) is 10.9. The molecular weight excluding hydrogens is 525 g/mol. The summed E-state index contributed by atoms with van der Waals surface area (Å²) < 4.78 is 56.3. The van der Waals surface area contributed by atoms with Crippen LogP contribution in [0, 0.1) is 0 Å². The number of carboxylic acids is 1. The van der Waals surface area contributed by atoms with E-state index >= 15 is 0 Å². The molecule has 2 aromatic heterocycles. The van der Waals surface area contributed by atoms with Gasteiger partial charge in [0.2, 0.25) is 0 Å². The molecule has 0 aliphatic rings. The molecule has 0 saturated carbocycles. The van der Waals surface area contributed by atoms with Gasteiger partial charge in [0.25, 0.3) is 15.9 Å². The lowest BCUT2D eigenvalue weighted by molar-refractivity contribution is -0.135. The quantitative estimate of drug-likeness (QED) is 0.348. The first-order valence-corrected chi connectivity index (χ1v) is 12.1. The minimum Gasteiger partial charge on any atom is -0.480 e. The molecule has 2 heterocycles. The SMILES string of the molecule is CC(F)(F)c1cnnc(-n2ccc3cc(N(CC(=O)O)S(=O)(=O)c4cc(Cl)cc(Cl)c4)ccc32)c1. The molecule has 2 aromatic carbocycles. The summed E-state index contributed by atoms with van der Waals surface area (Å²) in [5.74, 6) is -4.36. The standard InChI is InChI=1S/C22H16Cl2F2N4O4S/c1-22(25,26)14-7-20(28-27-11-14)29-5-4-13-6-17(2-3-19(13)29)30(12-21(31)32)35(33,34)18-9-15(23)8-16(24)10-18/h2-11H,12H2,1H3,(H,31,32). The largest absolute Gasteiger partial charge is 0.480 e. The highest BCUT2D eigenvalue weighted by molar-refractivity contribution is 7.92. The average molecular weight is 541 g/mol. The van der Waals surface area contributed by atoms with Gasteiger partial charge in [-0.2, -0.15) is 5.10 Å². The van der Waals surface area contributed by atoms with Gasteiger partial charge >= 0.3 is 5.97 Å². The minimum atomic E-state index is -4.36.